The van der Waals surface area contributed by atoms with Gasteiger partial charge in [0.1, 0.15) is 5.75 Å². The minimum Gasteiger partial charge on any atom is -0.423 e. The summed E-state index contributed by atoms with van der Waals surface area (Å²) in [6.45, 7) is 0. The average Bonchev–Trinajstić information content (AvgIpc) is 2.83. The van der Waals surface area contributed by atoms with Gasteiger partial charge in [-0.2, -0.15) is 0 Å². The number of esters is 1. The average molecular weight is 483 g/mol. The van der Waals surface area contributed by atoms with Gasteiger partial charge >= 0.3 is 5.97 Å². The molecule has 0 fully saturated rings. The van der Waals surface area contributed by atoms with E-state index >= 15 is 0 Å². The number of hydrogen-bond donors (Lipinski definition) is 0. The quantitative estimate of drug-likeness (QED) is 0.126. The first-order valence-electron chi connectivity index (χ1n) is 10.0. The Morgan fingerprint density at radius 3 is 2.16 bits per heavy atom. The molecule has 32 heavy (non-hydrogen) atoms. The molecule has 0 spiro atoms. The molecule has 4 rings (SSSR count). The van der Waals surface area contributed by atoms with Crippen molar-refractivity contribution in [1.82, 2.24) is 0 Å². The summed E-state index contributed by atoms with van der Waals surface area (Å²) in [6, 6.07) is 31.7. The van der Waals surface area contributed by atoms with Crippen LogP contribution in [0.1, 0.15) is 26.3 Å². The van der Waals surface area contributed by atoms with Crippen LogP contribution in [0.3, 0.4) is 0 Å². The van der Waals surface area contributed by atoms with Gasteiger partial charge in [0.15, 0.2) is 5.78 Å². The number of ketones is 1. The van der Waals surface area contributed by atoms with Crippen molar-refractivity contribution in [2.45, 2.75) is 0 Å². The number of hydrogen-bond acceptors (Lipinski definition) is 3. The molecule has 4 heteroatoms. The van der Waals surface area contributed by atoms with Crippen molar-refractivity contribution in [3.8, 4) is 16.9 Å². The number of carbonyl (C=O) groups is 2. The molecule has 0 saturated carbocycles. The number of ether oxygens (including phenoxy) is 1. The highest BCUT2D eigenvalue weighted by Gasteiger charge is 2.12. The predicted molar refractivity (Wildman–Crippen MR) is 131 cm³/mol. The van der Waals surface area contributed by atoms with Gasteiger partial charge in [-0.15, -0.1) is 0 Å². The van der Waals surface area contributed by atoms with Crippen molar-refractivity contribution in [3.05, 3.63) is 130 Å². The summed E-state index contributed by atoms with van der Waals surface area (Å²) >= 11 is 3.36. The zero-order valence-corrected chi connectivity index (χ0v) is 18.7. The van der Waals surface area contributed by atoms with Crippen LogP contribution in [0.4, 0.5) is 0 Å². The van der Waals surface area contributed by atoms with Gasteiger partial charge in [-0.3, -0.25) is 4.79 Å². The van der Waals surface area contributed by atoms with Gasteiger partial charge in [0, 0.05) is 10.0 Å². The van der Waals surface area contributed by atoms with E-state index in [4.69, 9.17) is 4.74 Å². The molecule has 3 nitrogen and oxygen atoms in total. The van der Waals surface area contributed by atoms with E-state index in [-0.39, 0.29) is 5.78 Å². The molecule has 0 aromatic heterocycles. The van der Waals surface area contributed by atoms with Crippen molar-refractivity contribution in [2.75, 3.05) is 0 Å². The third-order valence-corrected chi connectivity index (χ3v) is 5.56. The Bertz CT molecular complexity index is 1280. The lowest BCUT2D eigenvalue weighted by atomic mass is 10.0. The van der Waals surface area contributed by atoms with E-state index in [1.807, 2.05) is 66.7 Å². The van der Waals surface area contributed by atoms with Gasteiger partial charge in [0.05, 0.1) is 5.56 Å². The van der Waals surface area contributed by atoms with E-state index in [0.717, 1.165) is 16.7 Å². The van der Waals surface area contributed by atoms with E-state index in [2.05, 4.69) is 15.9 Å². The van der Waals surface area contributed by atoms with E-state index < -0.39 is 5.97 Å². The maximum Gasteiger partial charge on any atom is 0.344 e. The monoisotopic (exact) mass is 482 g/mol. The smallest absolute Gasteiger partial charge is 0.344 e. The Labute approximate surface area is 195 Å². The van der Waals surface area contributed by atoms with Crippen LogP contribution in [0, 0.1) is 0 Å². The largest absolute Gasteiger partial charge is 0.423 e. The number of rotatable bonds is 6. The maximum atomic E-state index is 12.6. The molecule has 0 unspecified atom stereocenters. The first-order chi connectivity index (χ1) is 15.6. The lowest BCUT2D eigenvalue weighted by molar-refractivity contribution is 0.0733. The lowest BCUT2D eigenvalue weighted by Crippen LogP contribution is -2.09. The van der Waals surface area contributed by atoms with Gasteiger partial charge in [0.2, 0.25) is 0 Å². The Kier molecular flexibility index (Phi) is 6.73. The zero-order valence-electron chi connectivity index (χ0n) is 17.1. The molecule has 4 aromatic carbocycles. The summed E-state index contributed by atoms with van der Waals surface area (Å²) in [6.07, 6.45) is 3.23. The lowest BCUT2D eigenvalue weighted by Gasteiger charge is -2.06. The SMILES string of the molecule is O=C(/C=C/c1cccc(OC(=O)c2ccccc2Br)c1)c1ccc(-c2ccccc2)cc1. The van der Waals surface area contributed by atoms with Crippen LogP contribution < -0.4 is 4.74 Å². The fourth-order valence-corrected chi connectivity index (χ4v) is 3.64. The molecule has 0 aliphatic heterocycles. The van der Waals surface area contributed by atoms with Gasteiger partial charge in [0.25, 0.3) is 0 Å². The van der Waals surface area contributed by atoms with Gasteiger partial charge in [-0.1, -0.05) is 84.9 Å². The molecular formula is C28H19BrO3. The Morgan fingerprint density at radius 1 is 0.719 bits per heavy atom. The molecule has 0 atom stereocenters. The summed E-state index contributed by atoms with van der Waals surface area (Å²) in [5, 5.41) is 0. The number of carbonyl (C=O) groups excluding carboxylic acids is 2. The Balaban J connectivity index is 1.44. The fraction of sp³-hybridized carbons (Fsp3) is 0. The van der Waals surface area contributed by atoms with Crippen molar-refractivity contribution >= 4 is 33.8 Å². The normalized spacial score (nSPS) is 10.8. The van der Waals surface area contributed by atoms with Crippen LogP contribution in [0.5, 0.6) is 5.75 Å². The van der Waals surface area contributed by atoms with Crippen molar-refractivity contribution in [2.24, 2.45) is 0 Å². The van der Waals surface area contributed by atoms with E-state index in [1.165, 1.54) is 6.08 Å². The topological polar surface area (TPSA) is 43.4 Å². The molecule has 156 valence electrons. The molecule has 0 radical (unpaired) electrons. The number of allylic oxidation sites excluding steroid dienone is 1. The molecule has 0 aliphatic rings. The Morgan fingerprint density at radius 2 is 1.41 bits per heavy atom. The summed E-state index contributed by atoms with van der Waals surface area (Å²) in [7, 11) is 0. The molecular weight excluding hydrogens is 464 g/mol. The van der Waals surface area contributed by atoms with Gasteiger partial charge < -0.3 is 4.74 Å². The van der Waals surface area contributed by atoms with Crippen LogP contribution in [0.2, 0.25) is 0 Å². The minimum atomic E-state index is -0.451. The Hall–Kier alpha value is -3.76. The second-order valence-corrected chi connectivity index (χ2v) is 7.94. The summed E-state index contributed by atoms with van der Waals surface area (Å²) in [5.41, 5.74) is 3.98. The van der Waals surface area contributed by atoms with Crippen LogP contribution in [-0.2, 0) is 0 Å². The number of benzene rings is 4. The number of halogens is 1. The van der Waals surface area contributed by atoms with Crippen LogP contribution in [0.15, 0.2) is 114 Å². The highest BCUT2D eigenvalue weighted by Crippen LogP contribution is 2.22. The van der Waals surface area contributed by atoms with Crippen LogP contribution in [0.25, 0.3) is 17.2 Å². The first kappa shape index (κ1) is 21.5. The van der Waals surface area contributed by atoms with E-state index in [0.29, 0.717) is 21.3 Å². The second kappa shape index (κ2) is 10.0. The van der Waals surface area contributed by atoms with Crippen molar-refractivity contribution in [1.29, 1.82) is 0 Å². The highest BCUT2D eigenvalue weighted by molar-refractivity contribution is 9.10. The minimum absolute atomic E-state index is 0.0970. The highest BCUT2D eigenvalue weighted by atomic mass is 79.9. The predicted octanol–water partition coefficient (Wildman–Crippen LogP) is 7.23. The van der Waals surface area contributed by atoms with Crippen LogP contribution in [-0.4, -0.2) is 11.8 Å². The molecule has 4 aromatic rings. The standard InChI is InChI=1S/C28H19BrO3/c29-26-12-5-4-11-25(26)28(31)32-24-10-6-7-20(19-24)13-18-27(30)23-16-14-22(15-17-23)21-8-2-1-3-9-21/h1-19H/b18-13+. The van der Waals surface area contributed by atoms with Crippen molar-refractivity contribution in [3.63, 3.8) is 0 Å². The summed E-state index contributed by atoms with van der Waals surface area (Å²) in [4.78, 5) is 25.0. The second-order valence-electron chi connectivity index (χ2n) is 7.08. The molecule has 0 N–H and O–H groups in total. The molecule has 0 amide bonds. The van der Waals surface area contributed by atoms with E-state index in [9.17, 15) is 9.59 Å². The molecule has 0 heterocycles. The molecule has 0 saturated heterocycles. The zero-order chi connectivity index (χ0) is 22.3. The van der Waals surface area contributed by atoms with Crippen LogP contribution >= 0.6 is 15.9 Å². The molecule has 0 bridgehead atoms. The fourth-order valence-electron chi connectivity index (χ4n) is 3.20. The maximum absolute atomic E-state index is 12.6. The molecule has 0 aliphatic carbocycles. The van der Waals surface area contributed by atoms with Crippen molar-refractivity contribution < 1.29 is 14.3 Å². The van der Waals surface area contributed by atoms with Gasteiger partial charge in [-0.25, -0.2) is 4.79 Å². The first-order valence-corrected chi connectivity index (χ1v) is 10.8. The summed E-state index contributed by atoms with van der Waals surface area (Å²) < 4.78 is 6.15. The summed E-state index contributed by atoms with van der Waals surface area (Å²) in [5.74, 6) is -0.138. The van der Waals surface area contributed by atoms with Gasteiger partial charge in [-0.05, 0) is 63.0 Å². The third kappa shape index (κ3) is 5.29. The van der Waals surface area contributed by atoms with E-state index in [1.54, 1.807) is 42.5 Å². The third-order valence-electron chi connectivity index (χ3n) is 4.87.